The molecule has 0 N–H and O–H groups in total. The van der Waals surface area contributed by atoms with Crippen molar-refractivity contribution in [1.82, 2.24) is 9.97 Å². The largest absolute Gasteiger partial charge is 0.489 e. The maximum absolute atomic E-state index is 11.5. The van der Waals surface area contributed by atoms with E-state index < -0.39 is 0 Å². The van der Waals surface area contributed by atoms with Crippen LogP contribution in [0.15, 0.2) is 18.3 Å². The summed E-state index contributed by atoms with van der Waals surface area (Å²) < 4.78 is 5.92. The third-order valence-corrected chi connectivity index (χ3v) is 4.92. The average Bonchev–Trinajstić information content (AvgIpc) is 2.71. The highest BCUT2D eigenvalue weighted by atomic mass is 16.5. The normalized spacial score (nSPS) is 14.2. The molecular formula is C21H24N4O2. The van der Waals surface area contributed by atoms with Gasteiger partial charge in [-0.3, -0.25) is 4.79 Å². The van der Waals surface area contributed by atoms with E-state index >= 15 is 0 Å². The van der Waals surface area contributed by atoms with Crippen LogP contribution in [0, 0.1) is 11.3 Å². The van der Waals surface area contributed by atoms with E-state index in [4.69, 9.17) is 4.74 Å². The maximum Gasteiger partial charge on any atom is 0.168 e. The molecule has 1 aliphatic rings. The number of fused-ring (bicyclic) bond motifs is 1. The summed E-state index contributed by atoms with van der Waals surface area (Å²) in [5, 5.41) is 9.35. The lowest BCUT2D eigenvalue weighted by Gasteiger charge is -2.30. The standard InChI is InChI=1S/C21H24N4O2/c1-4-14(3)27-19-10-20(23-12-17(19)11-22)25-8-6-7-16-9-15(5-2)18(13-26)24-21(16)25/h9-10,12-14H,4-8H2,1-3H3. The highest BCUT2D eigenvalue weighted by molar-refractivity contribution is 5.77. The van der Waals surface area contributed by atoms with Gasteiger partial charge in [0.15, 0.2) is 6.29 Å². The van der Waals surface area contributed by atoms with Crippen molar-refractivity contribution in [3.63, 3.8) is 0 Å². The molecule has 0 aromatic carbocycles. The van der Waals surface area contributed by atoms with Gasteiger partial charge >= 0.3 is 0 Å². The molecule has 1 atom stereocenters. The number of ether oxygens (including phenoxy) is 1. The smallest absolute Gasteiger partial charge is 0.168 e. The van der Waals surface area contributed by atoms with Crippen molar-refractivity contribution in [3.05, 3.63) is 40.7 Å². The number of aryl methyl sites for hydroxylation is 2. The molecule has 1 unspecified atom stereocenters. The minimum Gasteiger partial charge on any atom is -0.489 e. The Labute approximate surface area is 159 Å². The first kappa shape index (κ1) is 18.8. The number of carbonyl (C=O) groups excluding carboxylic acids is 1. The van der Waals surface area contributed by atoms with E-state index in [0.717, 1.165) is 55.5 Å². The van der Waals surface area contributed by atoms with Crippen molar-refractivity contribution in [3.8, 4) is 11.8 Å². The maximum atomic E-state index is 11.5. The van der Waals surface area contributed by atoms with Crippen molar-refractivity contribution in [1.29, 1.82) is 5.26 Å². The van der Waals surface area contributed by atoms with Gasteiger partial charge in [-0.15, -0.1) is 0 Å². The van der Waals surface area contributed by atoms with E-state index in [1.165, 1.54) is 0 Å². The molecule has 140 valence electrons. The lowest BCUT2D eigenvalue weighted by Crippen LogP contribution is -2.27. The van der Waals surface area contributed by atoms with Gasteiger partial charge in [0.05, 0.1) is 12.3 Å². The summed E-state index contributed by atoms with van der Waals surface area (Å²) in [6.07, 6.45) is 5.89. The number of aldehydes is 1. The van der Waals surface area contributed by atoms with Crippen LogP contribution in [0.1, 0.15) is 60.8 Å². The Bertz CT molecular complexity index is 888. The van der Waals surface area contributed by atoms with Crippen molar-refractivity contribution in [2.45, 2.75) is 52.6 Å². The monoisotopic (exact) mass is 364 g/mol. The van der Waals surface area contributed by atoms with Gasteiger partial charge in [0.2, 0.25) is 0 Å². The number of nitrogens with zero attached hydrogens (tertiary/aromatic N) is 4. The topological polar surface area (TPSA) is 79.1 Å². The fourth-order valence-electron chi connectivity index (χ4n) is 3.22. The van der Waals surface area contributed by atoms with Crippen LogP contribution in [0.3, 0.4) is 0 Å². The molecule has 6 heteroatoms. The number of carbonyl (C=O) groups is 1. The third kappa shape index (κ3) is 3.77. The van der Waals surface area contributed by atoms with Crippen molar-refractivity contribution in [2.24, 2.45) is 0 Å². The molecule has 6 nitrogen and oxygen atoms in total. The summed E-state index contributed by atoms with van der Waals surface area (Å²) in [7, 11) is 0. The van der Waals surface area contributed by atoms with E-state index in [1.54, 1.807) is 12.3 Å². The average molecular weight is 364 g/mol. The van der Waals surface area contributed by atoms with Gasteiger partial charge in [-0.05, 0) is 49.8 Å². The molecule has 2 aromatic rings. The van der Waals surface area contributed by atoms with Crippen LogP contribution in [0.4, 0.5) is 11.6 Å². The van der Waals surface area contributed by atoms with E-state index in [9.17, 15) is 10.1 Å². The Morgan fingerprint density at radius 3 is 2.89 bits per heavy atom. The van der Waals surface area contributed by atoms with Gasteiger partial charge in [0.25, 0.3) is 0 Å². The molecule has 1 aliphatic heterocycles. The number of rotatable bonds is 6. The number of pyridine rings is 2. The van der Waals surface area contributed by atoms with Crippen molar-refractivity contribution in [2.75, 3.05) is 11.4 Å². The summed E-state index contributed by atoms with van der Waals surface area (Å²) in [6.45, 7) is 6.79. The van der Waals surface area contributed by atoms with Crippen molar-refractivity contribution >= 4 is 17.9 Å². The Kier molecular flexibility index (Phi) is 5.70. The minimum absolute atomic E-state index is 0.00731. The summed E-state index contributed by atoms with van der Waals surface area (Å²) in [6, 6.07) is 6.02. The van der Waals surface area contributed by atoms with E-state index in [-0.39, 0.29) is 6.10 Å². The molecule has 0 fully saturated rings. The highest BCUT2D eigenvalue weighted by Crippen LogP contribution is 2.34. The number of nitriles is 1. The van der Waals surface area contributed by atoms with Crippen LogP contribution in [0.5, 0.6) is 5.75 Å². The second-order valence-corrected chi connectivity index (χ2v) is 6.73. The minimum atomic E-state index is 0.00731. The van der Waals surface area contributed by atoms with Crippen LogP contribution in [0.2, 0.25) is 0 Å². The molecule has 3 rings (SSSR count). The second-order valence-electron chi connectivity index (χ2n) is 6.73. The van der Waals surface area contributed by atoms with Gasteiger partial charge in [-0.2, -0.15) is 5.26 Å². The molecular weight excluding hydrogens is 340 g/mol. The van der Waals surface area contributed by atoms with E-state index in [1.807, 2.05) is 25.7 Å². The van der Waals surface area contributed by atoms with Gasteiger partial charge in [-0.25, -0.2) is 9.97 Å². The first-order valence-electron chi connectivity index (χ1n) is 9.43. The Morgan fingerprint density at radius 1 is 1.41 bits per heavy atom. The van der Waals surface area contributed by atoms with Gasteiger partial charge in [0.1, 0.15) is 34.7 Å². The number of aromatic nitrogens is 2. The van der Waals surface area contributed by atoms with Gasteiger partial charge in [0, 0.05) is 12.6 Å². The zero-order valence-corrected chi connectivity index (χ0v) is 16.0. The van der Waals surface area contributed by atoms with Crippen LogP contribution in [-0.2, 0) is 12.8 Å². The van der Waals surface area contributed by atoms with E-state index in [0.29, 0.717) is 22.8 Å². The molecule has 0 saturated carbocycles. The first-order valence-corrected chi connectivity index (χ1v) is 9.43. The van der Waals surface area contributed by atoms with Crippen LogP contribution in [0.25, 0.3) is 0 Å². The lowest BCUT2D eigenvalue weighted by molar-refractivity contribution is 0.111. The van der Waals surface area contributed by atoms with Crippen LogP contribution < -0.4 is 9.64 Å². The predicted molar refractivity (Wildman–Crippen MR) is 104 cm³/mol. The first-order chi connectivity index (χ1) is 13.1. The van der Waals surface area contributed by atoms with Gasteiger partial charge < -0.3 is 9.64 Å². The summed E-state index contributed by atoms with van der Waals surface area (Å²) in [5.41, 5.74) is 2.99. The molecule has 27 heavy (non-hydrogen) atoms. The number of hydrogen-bond donors (Lipinski definition) is 0. The molecule has 0 amide bonds. The Hall–Kier alpha value is -2.94. The molecule has 0 bridgehead atoms. The Balaban J connectivity index is 2.05. The zero-order chi connectivity index (χ0) is 19.4. The van der Waals surface area contributed by atoms with Crippen molar-refractivity contribution < 1.29 is 9.53 Å². The van der Waals surface area contributed by atoms with Gasteiger partial charge in [-0.1, -0.05) is 13.8 Å². The molecule has 0 spiro atoms. The SMILES string of the molecule is CCc1cc2c(nc1C=O)N(c1cc(OC(C)CC)c(C#N)cn1)CCC2. The summed E-state index contributed by atoms with van der Waals surface area (Å²) >= 11 is 0. The number of hydrogen-bond acceptors (Lipinski definition) is 6. The molecule has 0 saturated heterocycles. The predicted octanol–water partition coefficient (Wildman–Crippen LogP) is 3.98. The molecule has 3 heterocycles. The van der Waals surface area contributed by atoms with Crippen LogP contribution >= 0.6 is 0 Å². The second kappa shape index (κ2) is 8.17. The zero-order valence-electron chi connectivity index (χ0n) is 16.0. The summed E-state index contributed by atoms with van der Waals surface area (Å²) in [5.74, 6) is 1.99. The van der Waals surface area contributed by atoms with Crippen LogP contribution in [-0.4, -0.2) is 28.9 Å². The molecule has 2 aromatic heterocycles. The number of anilines is 2. The highest BCUT2D eigenvalue weighted by Gasteiger charge is 2.24. The Morgan fingerprint density at radius 2 is 2.22 bits per heavy atom. The fraction of sp³-hybridized carbons (Fsp3) is 0.429. The quantitative estimate of drug-likeness (QED) is 0.721. The third-order valence-electron chi connectivity index (χ3n) is 4.92. The summed E-state index contributed by atoms with van der Waals surface area (Å²) in [4.78, 5) is 22.5. The molecule has 0 radical (unpaired) electrons. The molecule has 0 aliphatic carbocycles. The van der Waals surface area contributed by atoms with E-state index in [2.05, 4.69) is 22.1 Å². The lowest BCUT2D eigenvalue weighted by atomic mass is 10.0. The fourth-order valence-corrected chi connectivity index (χ4v) is 3.22.